The number of likely N-dealkylation sites (tertiary alicyclic amines) is 1. The average molecular weight is 336 g/mol. The number of nitrogens with zero attached hydrogens (tertiary/aromatic N) is 3. The maximum absolute atomic E-state index is 12.2. The maximum atomic E-state index is 12.2. The molecule has 0 spiro atoms. The zero-order valence-corrected chi connectivity index (χ0v) is 13.7. The Morgan fingerprint density at radius 3 is 2.76 bits per heavy atom. The summed E-state index contributed by atoms with van der Waals surface area (Å²) in [6.07, 6.45) is 7.25. The van der Waals surface area contributed by atoms with E-state index in [9.17, 15) is 8.42 Å². The SMILES string of the molecule is CN1CCC[C@H](NNS(=O)(=O)c2cnn(C3CC3)c2)C1.Cl. The van der Waals surface area contributed by atoms with Crippen LogP contribution in [-0.2, 0) is 10.0 Å². The molecular weight excluding hydrogens is 314 g/mol. The summed E-state index contributed by atoms with van der Waals surface area (Å²) in [4.78, 5) is 4.90. The van der Waals surface area contributed by atoms with Gasteiger partial charge in [0.15, 0.2) is 0 Å². The summed E-state index contributed by atoms with van der Waals surface area (Å²) in [5.74, 6) is 0. The molecule has 2 heterocycles. The Bertz CT molecular complexity index is 572. The van der Waals surface area contributed by atoms with Gasteiger partial charge in [-0.3, -0.25) is 4.68 Å². The molecule has 1 aliphatic carbocycles. The molecule has 1 aromatic heterocycles. The second kappa shape index (κ2) is 6.62. The van der Waals surface area contributed by atoms with Gasteiger partial charge >= 0.3 is 0 Å². The van der Waals surface area contributed by atoms with E-state index in [2.05, 4.69) is 20.3 Å². The smallest absolute Gasteiger partial charge is 0.256 e. The van der Waals surface area contributed by atoms with Crippen LogP contribution in [0.25, 0.3) is 0 Å². The van der Waals surface area contributed by atoms with Crippen LogP contribution < -0.4 is 10.3 Å². The molecule has 120 valence electrons. The fraction of sp³-hybridized carbons (Fsp3) is 0.750. The van der Waals surface area contributed by atoms with Crippen LogP contribution in [0.5, 0.6) is 0 Å². The summed E-state index contributed by atoms with van der Waals surface area (Å²) >= 11 is 0. The molecule has 0 radical (unpaired) electrons. The lowest BCUT2D eigenvalue weighted by molar-refractivity contribution is 0.223. The van der Waals surface area contributed by atoms with E-state index in [4.69, 9.17) is 0 Å². The molecule has 2 N–H and O–H groups in total. The molecule has 3 rings (SSSR count). The highest BCUT2D eigenvalue weighted by Gasteiger charge is 2.27. The van der Waals surface area contributed by atoms with Crippen LogP contribution in [0.15, 0.2) is 17.3 Å². The van der Waals surface area contributed by atoms with Crippen molar-refractivity contribution in [3.63, 3.8) is 0 Å². The molecule has 21 heavy (non-hydrogen) atoms. The van der Waals surface area contributed by atoms with E-state index >= 15 is 0 Å². The number of halogens is 1. The molecule has 1 aliphatic heterocycles. The molecule has 1 saturated carbocycles. The Hall–Kier alpha value is -0.670. The molecule has 2 aliphatic rings. The van der Waals surface area contributed by atoms with E-state index in [1.165, 1.54) is 6.20 Å². The second-order valence-corrected chi connectivity index (χ2v) is 7.42. The largest absolute Gasteiger partial charge is 0.305 e. The van der Waals surface area contributed by atoms with Gasteiger partial charge in [-0.25, -0.2) is 13.8 Å². The fourth-order valence-electron chi connectivity index (χ4n) is 2.50. The number of rotatable bonds is 5. The van der Waals surface area contributed by atoms with E-state index in [1.54, 1.807) is 10.9 Å². The first-order valence-corrected chi connectivity index (χ1v) is 8.53. The fourth-order valence-corrected chi connectivity index (χ4v) is 3.37. The van der Waals surface area contributed by atoms with Crippen molar-refractivity contribution in [2.24, 2.45) is 0 Å². The Balaban J connectivity index is 0.00000161. The molecule has 0 amide bonds. The highest BCUT2D eigenvalue weighted by Crippen LogP contribution is 2.34. The molecule has 2 fully saturated rings. The van der Waals surface area contributed by atoms with Crippen molar-refractivity contribution in [2.45, 2.75) is 42.7 Å². The summed E-state index contributed by atoms with van der Waals surface area (Å²) in [6.45, 7) is 1.92. The Morgan fingerprint density at radius 2 is 2.10 bits per heavy atom. The minimum Gasteiger partial charge on any atom is -0.305 e. The normalized spacial score (nSPS) is 23.8. The van der Waals surface area contributed by atoms with Crippen molar-refractivity contribution in [2.75, 3.05) is 20.1 Å². The molecule has 0 aromatic carbocycles. The molecule has 0 bridgehead atoms. The quantitative estimate of drug-likeness (QED) is 0.767. The average Bonchev–Trinajstić information content (AvgIpc) is 3.14. The molecular formula is C12H22ClN5O2S. The van der Waals surface area contributed by atoms with Crippen molar-refractivity contribution >= 4 is 22.4 Å². The van der Waals surface area contributed by atoms with Crippen molar-refractivity contribution in [1.82, 2.24) is 24.9 Å². The lowest BCUT2D eigenvalue weighted by Crippen LogP contribution is -2.51. The molecule has 9 heteroatoms. The van der Waals surface area contributed by atoms with Gasteiger partial charge in [0.2, 0.25) is 0 Å². The van der Waals surface area contributed by atoms with E-state index in [0.717, 1.165) is 38.8 Å². The minimum absolute atomic E-state index is 0. The monoisotopic (exact) mass is 335 g/mol. The van der Waals surface area contributed by atoms with Gasteiger partial charge < -0.3 is 4.90 Å². The number of piperidine rings is 1. The van der Waals surface area contributed by atoms with Gasteiger partial charge in [-0.15, -0.1) is 17.2 Å². The second-order valence-electron chi connectivity index (χ2n) is 5.74. The number of hydrogen-bond acceptors (Lipinski definition) is 5. The van der Waals surface area contributed by atoms with E-state index in [0.29, 0.717) is 6.04 Å². The third-order valence-corrected chi connectivity index (χ3v) is 5.05. The topological polar surface area (TPSA) is 79.3 Å². The van der Waals surface area contributed by atoms with Crippen molar-refractivity contribution in [1.29, 1.82) is 0 Å². The van der Waals surface area contributed by atoms with Crippen molar-refractivity contribution < 1.29 is 8.42 Å². The summed E-state index contributed by atoms with van der Waals surface area (Å²) in [5.41, 5.74) is 2.93. The van der Waals surface area contributed by atoms with Gasteiger partial charge in [0.25, 0.3) is 10.0 Å². The molecule has 7 nitrogen and oxygen atoms in total. The van der Waals surface area contributed by atoms with Crippen molar-refractivity contribution in [3.8, 4) is 0 Å². The lowest BCUT2D eigenvalue weighted by Gasteiger charge is -2.30. The van der Waals surface area contributed by atoms with Gasteiger partial charge in [0.1, 0.15) is 4.90 Å². The summed E-state index contributed by atoms with van der Waals surface area (Å²) in [6, 6.07) is 0.543. The lowest BCUT2D eigenvalue weighted by atomic mass is 10.1. The summed E-state index contributed by atoms with van der Waals surface area (Å²) in [7, 11) is -1.48. The first kappa shape index (κ1) is 16.7. The molecule has 1 aromatic rings. The van der Waals surface area contributed by atoms with Crippen LogP contribution in [-0.4, -0.2) is 49.3 Å². The van der Waals surface area contributed by atoms with E-state index in [1.807, 2.05) is 7.05 Å². The standard InChI is InChI=1S/C12H21N5O2S.ClH/c1-16-6-2-3-10(8-16)14-15-20(18,19)12-7-13-17(9-12)11-4-5-11;/h7,9-11,14-15H,2-6,8H2,1H3;1H/t10-;/m0./s1. The van der Waals surface area contributed by atoms with E-state index in [-0.39, 0.29) is 23.3 Å². The zero-order valence-electron chi connectivity index (χ0n) is 12.0. The molecule has 1 atom stereocenters. The number of sulfonamides is 1. The Morgan fingerprint density at radius 1 is 1.33 bits per heavy atom. The van der Waals surface area contributed by atoms with Crippen LogP contribution >= 0.6 is 12.4 Å². The highest BCUT2D eigenvalue weighted by atomic mass is 35.5. The third-order valence-electron chi connectivity index (χ3n) is 3.83. The number of hydrogen-bond donors (Lipinski definition) is 2. The van der Waals surface area contributed by atoms with Crippen LogP contribution in [0.3, 0.4) is 0 Å². The maximum Gasteiger partial charge on any atom is 0.256 e. The predicted octanol–water partition coefficient (Wildman–Crippen LogP) is 0.517. The third kappa shape index (κ3) is 4.17. The summed E-state index contributed by atoms with van der Waals surface area (Å²) < 4.78 is 26.1. The minimum atomic E-state index is -3.53. The Kier molecular flexibility index (Phi) is 5.26. The first-order valence-electron chi connectivity index (χ1n) is 7.04. The molecule has 0 unspecified atom stereocenters. The molecule has 1 saturated heterocycles. The van der Waals surface area contributed by atoms with Gasteiger partial charge in [0, 0.05) is 18.8 Å². The van der Waals surface area contributed by atoms with Crippen LogP contribution in [0.1, 0.15) is 31.7 Å². The van der Waals surface area contributed by atoms with Gasteiger partial charge in [-0.2, -0.15) is 5.10 Å². The van der Waals surface area contributed by atoms with Gasteiger partial charge in [-0.05, 0) is 39.3 Å². The Labute approximate surface area is 131 Å². The van der Waals surface area contributed by atoms with E-state index < -0.39 is 10.0 Å². The zero-order chi connectivity index (χ0) is 14.2. The number of likely N-dealkylation sites (N-methyl/N-ethyl adjacent to an activating group) is 1. The van der Waals surface area contributed by atoms with Crippen LogP contribution in [0.2, 0.25) is 0 Å². The van der Waals surface area contributed by atoms with Crippen molar-refractivity contribution in [3.05, 3.63) is 12.4 Å². The van der Waals surface area contributed by atoms with Crippen LogP contribution in [0.4, 0.5) is 0 Å². The highest BCUT2D eigenvalue weighted by molar-refractivity contribution is 7.89. The van der Waals surface area contributed by atoms with Gasteiger partial charge in [-0.1, -0.05) is 0 Å². The summed E-state index contributed by atoms with van der Waals surface area (Å²) in [5, 5.41) is 4.11. The number of hydrazine groups is 1. The first-order chi connectivity index (χ1) is 9.54. The van der Waals surface area contributed by atoms with Crippen LogP contribution in [0, 0.1) is 0 Å². The predicted molar refractivity (Wildman–Crippen MR) is 81.7 cm³/mol. The van der Waals surface area contributed by atoms with Gasteiger partial charge in [0.05, 0.1) is 12.2 Å². The number of aromatic nitrogens is 2. The number of nitrogens with one attached hydrogen (secondary N) is 2.